The van der Waals surface area contributed by atoms with Crippen LogP contribution in [0.5, 0.6) is 0 Å². The predicted octanol–water partition coefficient (Wildman–Crippen LogP) is 2.24. The molecule has 26 heavy (non-hydrogen) atoms. The average Bonchev–Trinajstić information content (AvgIpc) is 3.21. The number of amides is 1. The van der Waals surface area contributed by atoms with Crippen LogP contribution in [0.4, 0.5) is 0 Å². The quantitative estimate of drug-likeness (QED) is 0.724. The van der Waals surface area contributed by atoms with Gasteiger partial charge in [0.2, 0.25) is 0 Å². The van der Waals surface area contributed by atoms with Gasteiger partial charge in [0.05, 0.1) is 26.2 Å². The highest BCUT2D eigenvalue weighted by molar-refractivity contribution is 5.82. The number of likely N-dealkylation sites (tertiary alicyclic amines) is 1. The van der Waals surface area contributed by atoms with Gasteiger partial charge >= 0.3 is 0 Å². The summed E-state index contributed by atoms with van der Waals surface area (Å²) in [7, 11) is 1.64. The Morgan fingerprint density at radius 3 is 2.65 bits per heavy atom. The summed E-state index contributed by atoms with van der Waals surface area (Å²) >= 11 is 0. The van der Waals surface area contributed by atoms with Crippen LogP contribution in [-0.2, 0) is 9.53 Å². The SMILES string of the molecule is CO[C@H](C(=O)N(CC[NH+]1CCCC1)C[C@@H]1CC=CCC1)c1ccccc1. The molecule has 142 valence electrons. The minimum absolute atomic E-state index is 0.117. The Morgan fingerprint density at radius 2 is 2.00 bits per heavy atom. The van der Waals surface area contributed by atoms with Gasteiger partial charge in [-0.25, -0.2) is 0 Å². The van der Waals surface area contributed by atoms with Crippen LogP contribution in [0.1, 0.15) is 43.8 Å². The average molecular weight is 358 g/mol. The molecule has 4 nitrogen and oxygen atoms in total. The number of hydrogen-bond acceptors (Lipinski definition) is 2. The van der Waals surface area contributed by atoms with Gasteiger partial charge in [-0.3, -0.25) is 4.79 Å². The first kappa shape index (κ1) is 19.1. The van der Waals surface area contributed by atoms with Gasteiger partial charge in [-0.2, -0.15) is 0 Å². The van der Waals surface area contributed by atoms with E-state index in [9.17, 15) is 4.79 Å². The number of quaternary nitrogens is 1. The molecule has 0 spiro atoms. The van der Waals surface area contributed by atoms with Crippen LogP contribution < -0.4 is 4.90 Å². The van der Waals surface area contributed by atoms with Crippen LogP contribution >= 0.6 is 0 Å². The Bertz CT molecular complexity index is 581. The fourth-order valence-electron chi connectivity index (χ4n) is 4.22. The number of allylic oxidation sites excluding steroid dienone is 2. The summed E-state index contributed by atoms with van der Waals surface area (Å²) in [5.74, 6) is 0.692. The molecule has 1 amide bonds. The lowest BCUT2D eigenvalue weighted by atomic mass is 9.93. The molecule has 1 aliphatic heterocycles. The zero-order chi connectivity index (χ0) is 18.2. The van der Waals surface area contributed by atoms with Crippen molar-refractivity contribution in [1.29, 1.82) is 0 Å². The molecule has 2 aliphatic rings. The molecule has 1 fully saturated rings. The molecule has 2 atom stereocenters. The summed E-state index contributed by atoms with van der Waals surface area (Å²) < 4.78 is 5.63. The Labute approximate surface area is 157 Å². The largest absolute Gasteiger partial charge is 0.367 e. The smallest absolute Gasteiger partial charge is 0.256 e. The molecule has 3 rings (SSSR count). The fourth-order valence-corrected chi connectivity index (χ4v) is 4.22. The molecule has 0 aromatic heterocycles. The number of carbonyl (C=O) groups excluding carboxylic acids is 1. The van der Waals surface area contributed by atoms with E-state index in [2.05, 4.69) is 17.1 Å². The van der Waals surface area contributed by atoms with Crippen LogP contribution in [-0.4, -0.2) is 50.6 Å². The standard InChI is InChI=1S/C22H32N2O2/c1-26-21(20-12-6-3-7-13-20)22(25)24(17-16-23-14-8-9-15-23)18-19-10-4-2-5-11-19/h2-4,6-7,12-13,19,21H,5,8-11,14-18H2,1H3/p+1/t19-,21+/m1/s1. The highest BCUT2D eigenvalue weighted by Gasteiger charge is 2.29. The Balaban J connectivity index is 1.68. The van der Waals surface area contributed by atoms with Crippen molar-refractivity contribution >= 4 is 5.91 Å². The lowest BCUT2D eigenvalue weighted by Crippen LogP contribution is -3.10. The fraction of sp³-hybridized carbons (Fsp3) is 0.591. The van der Waals surface area contributed by atoms with Crippen molar-refractivity contribution in [3.63, 3.8) is 0 Å². The molecule has 0 unspecified atom stereocenters. The summed E-state index contributed by atoms with van der Waals surface area (Å²) in [6.07, 6.45) is 10.1. The number of rotatable bonds is 8. The van der Waals surface area contributed by atoms with Crippen molar-refractivity contribution < 1.29 is 14.4 Å². The van der Waals surface area contributed by atoms with E-state index in [1.807, 2.05) is 30.3 Å². The van der Waals surface area contributed by atoms with Crippen molar-refractivity contribution in [3.8, 4) is 0 Å². The molecular formula is C22H33N2O2+. The van der Waals surface area contributed by atoms with Crippen molar-refractivity contribution in [1.82, 2.24) is 4.90 Å². The number of carbonyl (C=O) groups is 1. The van der Waals surface area contributed by atoms with Gasteiger partial charge in [0.25, 0.3) is 5.91 Å². The summed E-state index contributed by atoms with van der Waals surface area (Å²) in [6.45, 7) is 5.24. The van der Waals surface area contributed by atoms with E-state index >= 15 is 0 Å². The summed E-state index contributed by atoms with van der Waals surface area (Å²) in [5.41, 5.74) is 0.946. The maximum absolute atomic E-state index is 13.3. The number of benzene rings is 1. The van der Waals surface area contributed by atoms with Crippen LogP contribution in [0, 0.1) is 5.92 Å². The van der Waals surface area contributed by atoms with Crippen molar-refractivity contribution in [3.05, 3.63) is 48.0 Å². The predicted molar refractivity (Wildman–Crippen MR) is 104 cm³/mol. The molecule has 1 saturated heterocycles. The molecule has 1 heterocycles. The first-order valence-corrected chi connectivity index (χ1v) is 10.1. The van der Waals surface area contributed by atoms with Gasteiger partial charge in [-0.1, -0.05) is 42.5 Å². The topological polar surface area (TPSA) is 34.0 Å². The highest BCUT2D eigenvalue weighted by Crippen LogP contribution is 2.23. The van der Waals surface area contributed by atoms with E-state index in [0.29, 0.717) is 5.92 Å². The van der Waals surface area contributed by atoms with E-state index in [-0.39, 0.29) is 5.91 Å². The van der Waals surface area contributed by atoms with Crippen LogP contribution in [0.25, 0.3) is 0 Å². The van der Waals surface area contributed by atoms with E-state index in [4.69, 9.17) is 4.74 Å². The number of hydrogen-bond donors (Lipinski definition) is 1. The molecule has 0 saturated carbocycles. The first-order valence-electron chi connectivity index (χ1n) is 10.1. The molecule has 1 N–H and O–H groups in total. The zero-order valence-electron chi connectivity index (χ0n) is 16.0. The molecule has 0 bridgehead atoms. The molecular weight excluding hydrogens is 324 g/mol. The minimum Gasteiger partial charge on any atom is -0.367 e. The van der Waals surface area contributed by atoms with E-state index in [1.165, 1.54) is 32.4 Å². The van der Waals surface area contributed by atoms with E-state index in [1.54, 1.807) is 12.0 Å². The van der Waals surface area contributed by atoms with E-state index in [0.717, 1.165) is 38.0 Å². The lowest BCUT2D eigenvalue weighted by Gasteiger charge is -2.31. The Morgan fingerprint density at radius 1 is 1.23 bits per heavy atom. The van der Waals surface area contributed by atoms with Crippen molar-refractivity contribution in [2.75, 3.05) is 39.8 Å². The minimum atomic E-state index is -0.496. The van der Waals surface area contributed by atoms with Crippen LogP contribution in [0.15, 0.2) is 42.5 Å². The van der Waals surface area contributed by atoms with Gasteiger partial charge in [-0.05, 0) is 30.7 Å². The Hall–Kier alpha value is -1.65. The molecule has 4 heteroatoms. The van der Waals surface area contributed by atoms with Gasteiger partial charge in [0.15, 0.2) is 6.10 Å². The summed E-state index contributed by atoms with van der Waals surface area (Å²) in [4.78, 5) is 17.0. The van der Waals surface area contributed by atoms with Gasteiger partial charge in [0.1, 0.15) is 0 Å². The van der Waals surface area contributed by atoms with Crippen LogP contribution in [0.3, 0.4) is 0 Å². The molecule has 1 aromatic carbocycles. The normalized spacial score (nSPS) is 21.7. The summed E-state index contributed by atoms with van der Waals surface area (Å²) in [6, 6.07) is 9.89. The second-order valence-electron chi connectivity index (χ2n) is 7.67. The Kier molecular flexibility index (Phi) is 7.27. The maximum atomic E-state index is 13.3. The van der Waals surface area contributed by atoms with Gasteiger partial charge in [-0.15, -0.1) is 0 Å². The number of methoxy groups -OCH3 is 1. The first-order chi connectivity index (χ1) is 12.8. The van der Waals surface area contributed by atoms with Gasteiger partial charge < -0.3 is 14.5 Å². The molecule has 1 aromatic rings. The monoisotopic (exact) mass is 357 g/mol. The second-order valence-corrected chi connectivity index (χ2v) is 7.67. The second kappa shape index (κ2) is 9.89. The number of nitrogens with one attached hydrogen (secondary N) is 1. The number of ether oxygens (including phenoxy) is 1. The highest BCUT2D eigenvalue weighted by atomic mass is 16.5. The van der Waals surface area contributed by atoms with Crippen molar-refractivity contribution in [2.24, 2.45) is 5.92 Å². The molecule has 0 radical (unpaired) electrons. The molecule has 1 aliphatic carbocycles. The summed E-state index contributed by atoms with van der Waals surface area (Å²) in [5, 5.41) is 0. The van der Waals surface area contributed by atoms with Gasteiger partial charge in [0, 0.05) is 26.5 Å². The zero-order valence-corrected chi connectivity index (χ0v) is 16.0. The van der Waals surface area contributed by atoms with Crippen molar-refractivity contribution in [2.45, 2.75) is 38.2 Å². The lowest BCUT2D eigenvalue weighted by molar-refractivity contribution is -0.886. The number of nitrogens with zero attached hydrogens (tertiary/aromatic N) is 1. The third kappa shape index (κ3) is 5.18. The third-order valence-corrected chi connectivity index (χ3v) is 5.78. The van der Waals surface area contributed by atoms with Crippen LogP contribution in [0.2, 0.25) is 0 Å². The third-order valence-electron chi connectivity index (χ3n) is 5.78. The van der Waals surface area contributed by atoms with E-state index < -0.39 is 6.10 Å². The maximum Gasteiger partial charge on any atom is 0.256 e.